The molecule has 188 valence electrons. The molecule has 0 saturated heterocycles. The highest BCUT2D eigenvalue weighted by Gasteiger charge is 2.39. The normalized spacial score (nSPS) is 20.0. The molecule has 0 aliphatic carbocycles. The summed E-state index contributed by atoms with van der Waals surface area (Å²) in [5.74, 6) is -0.660. The Balaban J connectivity index is 1.56. The summed E-state index contributed by atoms with van der Waals surface area (Å²) in [5, 5.41) is 17.6. The van der Waals surface area contributed by atoms with Gasteiger partial charge in [0.25, 0.3) is 5.91 Å². The number of thioether (sulfide) groups is 1. The molecule has 0 spiro atoms. The molecule has 2 N–H and O–H groups in total. The lowest BCUT2D eigenvalue weighted by Gasteiger charge is -2.23. The Morgan fingerprint density at radius 2 is 1.72 bits per heavy atom. The first kappa shape index (κ1) is 25.2. The molecule has 2 heterocycles. The van der Waals surface area contributed by atoms with Gasteiger partial charge in [0.15, 0.2) is 5.17 Å². The minimum absolute atomic E-state index is 0.176. The monoisotopic (exact) mass is 510 g/mol. The molecule has 2 aromatic carbocycles. The zero-order valence-corrected chi connectivity index (χ0v) is 20.8. The lowest BCUT2D eigenvalue weighted by Crippen LogP contribution is -2.39. The Morgan fingerprint density at radius 1 is 1.11 bits per heavy atom. The number of carbonyl (C=O) groups excluding carboxylic acids is 2. The molecule has 2 aliphatic heterocycles. The molecule has 0 aromatic heterocycles. The highest BCUT2D eigenvalue weighted by atomic mass is 32.2. The number of aliphatic carboxylic acids is 1. The van der Waals surface area contributed by atoms with E-state index in [0.717, 1.165) is 40.1 Å². The highest BCUT2D eigenvalue weighted by molar-refractivity contribution is 8.15. The van der Waals surface area contributed by atoms with Gasteiger partial charge in [-0.1, -0.05) is 23.9 Å². The lowest BCUT2D eigenvalue weighted by molar-refractivity contribution is -0.141. The van der Waals surface area contributed by atoms with Crippen LogP contribution in [0.5, 0.6) is 11.5 Å². The zero-order chi connectivity index (χ0) is 25.8. The molecular weight excluding hydrogens is 484 g/mol. The number of benzene rings is 2. The average Bonchev–Trinajstić information content (AvgIpc) is 3.48. The van der Waals surface area contributed by atoms with Gasteiger partial charge in [-0.2, -0.15) is 10.1 Å². The van der Waals surface area contributed by atoms with E-state index in [9.17, 15) is 14.4 Å². The van der Waals surface area contributed by atoms with Crippen LogP contribution in [0.2, 0.25) is 0 Å². The van der Waals surface area contributed by atoms with Gasteiger partial charge in [0, 0.05) is 12.8 Å². The Bertz CT molecular complexity index is 1210. The quantitative estimate of drug-likeness (QED) is 0.555. The van der Waals surface area contributed by atoms with E-state index >= 15 is 0 Å². The summed E-state index contributed by atoms with van der Waals surface area (Å²) in [6.07, 6.45) is 0.401. The van der Waals surface area contributed by atoms with Crippen LogP contribution in [-0.4, -0.2) is 64.3 Å². The Morgan fingerprint density at radius 3 is 2.31 bits per heavy atom. The van der Waals surface area contributed by atoms with Crippen LogP contribution in [0.15, 0.2) is 58.6 Å². The van der Waals surface area contributed by atoms with Gasteiger partial charge in [0.2, 0.25) is 5.91 Å². The molecule has 11 heteroatoms. The van der Waals surface area contributed by atoms with E-state index in [0.29, 0.717) is 11.6 Å². The first-order valence-corrected chi connectivity index (χ1v) is 12.1. The van der Waals surface area contributed by atoms with E-state index in [2.05, 4.69) is 10.3 Å². The Kier molecular flexibility index (Phi) is 7.58. The van der Waals surface area contributed by atoms with E-state index in [1.807, 2.05) is 48.5 Å². The van der Waals surface area contributed by atoms with Crippen molar-refractivity contribution in [1.29, 1.82) is 0 Å². The lowest BCUT2D eigenvalue weighted by atomic mass is 9.98. The van der Waals surface area contributed by atoms with Crippen molar-refractivity contribution in [1.82, 2.24) is 10.3 Å². The van der Waals surface area contributed by atoms with Crippen molar-refractivity contribution in [3.8, 4) is 11.5 Å². The van der Waals surface area contributed by atoms with Gasteiger partial charge < -0.3 is 19.9 Å². The van der Waals surface area contributed by atoms with Crippen LogP contribution in [0.25, 0.3) is 0 Å². The van der Waals surface area contributed by atoms with Crippen LogP contribution in [0.4, 0.5) is 0 Å². The Hall–Kier alpha value is -3.86. The average molecular weight is 511 g/mol. The predicted molar refractivity (Wildman–Crippen MR) is 135 cm³/mol. The van der Waals surface area contributed by atoms with Crippen LogP contribution in [-0.2, 0) is 14.4 Å². The van der Waals surface area contributed by atoms with Crippen LogP contribution in [0.3, 0.4) is 0 Å². The fourth-order valence-corrected chi connectivity index (χ4v) is 4.93. The number of amidine groups is 1. The molecule has 3 atom stereocenters. The topological polar surface area (TPSA) is 130 Å². The number of hydrazone groups is 1. The smallest absolute Gasteiger partial charge is 0.325 e. The van der Waals surface area contributed by atoms with Crippen molar-refractivity contribution in [2.24, 2.45) is 10.1 Å². The molecule has 2 aromatic rings. The molecule has 0 bridgehead atoms. The molecule has 3 unspecified atom stereocenters. The number of hydrogen-bond donors (Lipinski definition) is 2. The summed E-state index contributed by atoms with van der Waals surface area (Å²) in [5.41, 5.74) is 2.71. The number of nitrogens with one attached hydrogen (secondary N) is 1. The highest BCUT2D eigenvalue weighted by Crippen LogP contribution is 2.39. The van der Waals surface area contributed by atoms with Gasteiger partial charge in [-0.05, 0) is 54.4 Å². The first-order valence-electron chi connectivity index (χ1n) is 11.3. The third-order valence-corrected chi connectivity index (χ3v) is 7.02. The second kappa shape index (κ2) is 10.8. The molecular formula is C25H26N4O6S. The fourth-order valence-electron chi connectivity index (χ4n) is 3.87. The van der Waals surface area contributed by atoms with Crippen molar-refractivity contribution in [3.63, 3.8) is 0 Å². The number of carbonyl (C=O) groups is 3. The van der Waals surface area contributed by atoms with Crippen molar-refractivity contribution in [3.05, 3.63) is 59.7 Å². The van der Waals surface area contributed by atoms with Gasteiger partial charge in [-0.25, -0.2) is 5.01 Å². The summed E-state index contributed by atoms with van der Waals surface area (Å²) >= 11 is 1.16. The van der Waals surface area contributed by atoms with Crippen molar-refractivity contribution in [2.45, 2.75) is 37.1 Å². The summed E-state index contributed by atoms with van der Waals surface area (Å²) in [4.78, 5) is 40.1. The molecule has 0 saturated carbocycles. The Labute approximate surface area is 212 Å². The standard InChI is InChI=1S/C25H26N4O6S/c1-14(24(32)33)26-22(30)13-21-23(31)27-25(36-21)29-20(16-6-10-18(35-3)11-7-16)12-19(28-29)15-4-8-17(34-2)9-5-15/h4-11,14,20-21H,12-13H2,1-3H3,(H,26,30)(H,32,33). The minimum atomic E-state index is -1.15. The number of ether oxygens (including phenoxy) is 2. The minimum Gasteiger partial charge on any atom is -0.497 e. The van der Waals surface area contributed by atoms with E-state index in [4.69, 9.17) is 19.7 Å². The van der Waals surface area contributed by atoms with Crippen LogP contribution < -0.4 is 14.8 Å². The van der Waals surface area contributed by atoms with Crippen LogP contribution in [0, 0.1) is 0 Å². The fraction of sp³-hybridized carbons (Fsp3) is 0.320. The summed E-state index contributed by atoms with van der Waals surface area (Å²) in [6.45, 7) is 1.37. The number of nitrogens with zero attached hydrogens (tertiary/aromatic N) is 3. The molecule has 0 fully saturated rings. The van der Waals surface area contributed by atoms with Crippen LogP contribution >= 0.6 is 11.8 Å². The van der Waals surface area contributed by atoms with Gasteiger partial charge >= 0.3 is 5.97 Å². The van der Waals surface area contributed by atoms with E-state index in [1.165, 1.54) is 6.92 Å². The predicted octanol–water partition coefficient (Wildman–Crippen LogP) is 2.83. The number of aliphatic imine (C=N–C) groups is 1. The maximum atomic E-state index is 12.6. The number of methoxy groups -OCH3 is 2. The van der Waals surface area contributed by atoms with E-state index < -0.39 is 29.1 Å². The summed E-state index contributed by atoms with van der Waals surface area (Å²) < 4.78 is 10.5. The van der Waals surface area contributed by atoms with Crippen molar-refractivity contribution < 1.29 is 29.0 Å². The van der Waals surface area contributed by atoms with Crippen molar-refractivity contribution >= 4 is 40.4 Å². The molecule has 0 radical (unpaired) electrons. The van der Waals surface area contributed by atoms with Gasteiger partial charge in [0.1, 0.15) is 22.8 Å². The SMILES string of the molecule is COc1ccc(C2=NN(C3=NC(=O)C(CC(=O)NC(C)C(=O)O)S3)C(c3ccc(OC)cc3)C2)cc1. The maximum Gasteiger partial charge on any atom is 0.325 e. The third kappa shape index (κ3) is 5.51. The second-order valence-electron chi connectivity index (χ2n) is 8.28. The van der Waals surface area contributed by atoms with E-state index in [1.54, 1.807) is 19.2 Å². The zero-order valence-electron chi connectivity index (χ0n) is 20.0. The van der Waals surface area contributed by atoms with E-state index in [-0.39, 0.29) is 12.5 Å². The summed E-state index contributed by atoms with van der Waals surface area (Å²) in [7, 11) is 3.21. The first-order chi connectivity index (χ1) is 17.3. The molecule has 2 amide bonds. The number of hydrogen-bond acceptors (Lipinski definition) is 8. The number of carboxylic acid groups (broad SMARTS) is 1. The van der Waals surface area contributed by atoms with Crippen molar-refractivity contribution in [2.75, 3.05) is 14.2 Å². The largest absolute Gasteiger partial charge is 0.497 e. The molecule has 2 aliphatic rings. The molecule has 4 rings (SSSR count). The van der Waals surface area contributed by atoms with Crippen LogP contribution in [0.1, 0.15) is 36.9 Å². The number of rotatable bonds is 8. The molecule has 10 nitrogen and oxygen atoms in total. The van der Waals surface area contributed by atoms with Gasteiger partial charge in [-0.3, -0.25) is 14.4 Å². The second-order valence-corrected chi connectivity index (χ2v) is 9.45. The molecule has 36 heavy (non-hydrogen) atoms. The third-order valence-electron chi connectivity index (χ3n) is 5.88. The summed E-state index contributed by atoms with van der Waals surface area (Å²) in [6, 6.07) is 13.9. The maximum absolute atomic E-state index is 12.6. The van der Waals surface area contributed by atoms with Gasteiger partial charge in [-0.15, -0.1) is 0 Å². The van der Waals surface area contributed by atoms with Gasteiger partial charge in [0.05, 0.1) is 26.0 Å². The number of carboxylic acids is 1. The number of amides is 2.